The highest BCUT2D eigenvalue weighted by Gasteiger charge is 2.22. The second-order valence-electron chi connectivity index (χ2n) is 6.44. The summed E-state index contributed by atoms with van der Waals surface area (Å²) in [7, 11) is 1.35. The smallest absolute Gasteiger partial charge is 0.340 e. The molecule has 134 valence electrons. The molecule has 1 atom stereocenters. The average Bonchev–Trinajstić information content (AvgIpc) is 3.02. The standard InChI is InChI=1S/C21H22N2O3/c1-13-9-10-18(14(2)11-13)22-20(24)15(3)23-12-17(21(25)26-4)16-7-5-6-8-19(16)23/h5-12,15H,1-4H3,(H,22,24)/t15-/m1/s1. The average molecular weight is 350 g/mol. The van der Waals surface area contributed by atoms with Gasteiger partial charge in [0, 0.05) is 22.8 Å². The van der Waals surface area contributed by atoms with Crippen LogP contribution in [0.4, 0.5) is 5.69 Å². The Morgan fingerprint density at radius 1 is 1.12 bits per heavy atom. The second-order valence-corrected chi connectivity index (χ2v) is 6.44. The van der Waals surface area contributed by atoms with Gasteiger partial charge in [0.15, 0.2) is 0 Å². The van der Waals surface area contributed by atoms with Gasteiger partial charge in [-0.25, -0.2) is 4.79 Å². The Labute approximate surface area is 152 Å². The molecule has 1 amide bonds. The molecule has 0 unspecified atom stereocenters. The molecule has 0 bridgehead atoms. The zero-order valence-electron chi connectivity index (χ0n) is 15.4. The van der Waals surface area contributed by atoms with Crippen LogP contribution in [0.3, 0.4) is 0 Å². The third-order valence-corrected chi connectivity index (χ3v) is 4.58. The number of para-hydroxylation sites is 1. The molecular formula is C21H22N2O3. The molecule has 0 saturated carbocycles. The molecule has 0 aliphatic rings. The summed E-state index contributed by atoms with van der Waals surface area (Å²) < 4.78 is 6.67. The first kappa shape index (κ1) is 17.7. The Hall–Kier alpha value is -3.08. The van der Waals surface area contributed by atoms with Crippen LogP contribution in [0.5, 0.6) is 0 Å². The number of benzene rings is 2. The zero-order chi connectivity index (χ0) is 18.8. The van der Waals surface area contributed by atoms with E-state index in [0.717, 1.165) is 27.7 Å². The molecule has 26 heavy (non-hydrogen) atoms. The minimum absolute atomic E-state index is 0.144. The predicted molar refractivity (Wildman–Crippen MR) is 103 cm³/mol. The highest BCUT2D eigenvalue weighted by atomic mass is 16.5. The second kappa shape index (κ2) is 7.04. The van der Waals surface area contributed by atoms with Crippen LogP contribution < -0.4 is 5.32 Å². The number of methoxy groups -OCH3 is 1. The van der Waals surface area contributed by atoms with Crippen LogP contribution in [-0.4, -0.2) is 23.6 Å². The van der Waals surface area contributed by atoms with Gasteiger partial charge in [-0.2, -0.15) is 0 Å². The van der Waals surface area contributed by atoms with Crippen molar-refractivity contribution < 1.29 is 14.3 Å². The summed E-state index contributed by atoms with van der Waals surface area (Å²) >= 11 is 0. The molecule has 1 N–H and O–H groups in total. The summed E-state index contributed by atoms with van der Waals surface area (Å²) in [5.41, 5.74) is 4.22. The number of nitrogens with zero attached hydrogens (tertiary/aromatic N) is 1. The predicted octanol–water partition coefficient (Wildman–Crippen LogP) is 4.24. The number of nitrogens with one attached hydrogen (secondary N) is 1. The summed E-state index contributed by atoms with van der Waals surface area (Å²) in [5.74, 6) is -0.559. The highest BCUT2D eigenvalue weighted by Crippen LogP contribution is 2.26. The number of ether oxygens (including phenoxy) is 1. The third kappa shape index (κ3) is 3.20. The zero-order valence-corrected chi connectivity index (χ0v) is 15.4. The number of hydrogen-bond donors (Lipinski definition) is 1. The van der Waals surface area contributed by atoms with Crippen molar-refractivity contribution in [1.82, 2.24) is 4.57 Å². The van der Waals surface area contributed by atoms with Gasteiger partial charge in [-0.3, -0.25) is 4.79 Å². The molecule has 5 nitrogen and oxygen atoms in total. The largest absolute Gasteiger partial charge is 0.465 e. The maximum Gasteiger partial charge on any atom is 0.340 e. The van der Waals surface area contributed by atoms with Gasteiger partial charge < -0.3 is 14.6 Å². The molecule has 3 aromatic rings. The van der Waals surface area contributed by atoms with E-state index in [1.807, 2.05) is 63.2 Å². The van der Waals surface area contributed by atoms with E-state index in [0.29, 0.717) is 5.56 Å². The van der Waals surface area contributed by atoms with Crippen LogP contribution in [-0.2, 0) is 9.53 Å². The lowest BCUT2D eigenvalue weighted by Gasteiger charge is -2.16. The van der Waals surface area contributed by atoms with Gasteiger partial charge in [0.25, 0.3) is 0 Å². The van der Waals surface area contributed by atoms with Gasteiger partial charge >= 0.3 is 5.97 Å². The molecule has 0 spiro atoms. The fraction of sp³-hybridized carbons (Fsp3) is 0.238. The van der Waals surface area contributed by atoms with E-state index in [-0.39, 0.29) is 5.91 Å². The number of carbonyl (C=O) groups excluding carboxylic acids is 2. The lowest BCUT2D eigenvalue weighted by molar-refractivity contribution is -0.118. The number of carbonyl (C=O) groups is 2. The first-order valence-corrected chi connectivity index (χ1v) is 8.48. The van der Waals surface area contributed by atoms with Gasteiger partial charge in [-0.05, 0) is 38.5 Å². The summed E-state index contributed by atoms with van der Waals surface area (Å²) in [4.78, 5) is 24.9. The number of fused-ring (bicyclic) bond motifs is 1. The molecule has 0 saturated heterocycles. The molecule has 0 radical (unpaired) electrons. The lowest BCUT2D eigenvalue weighted by Crippen LogP contribution is -2.23. The van der Waals surface area contributed by atoms with Gasteiger partial charge in [0.2, 0.25) is 5.91 Å². The highest BCUT2D eigenvalue weighted by molar-refractivity contribution is 6.05. The minimum atomic E-state index is -0.487. The Bertz CT molecular complexity index is 988. The van der Waals surface area contributed by atoms with Gasteiger partial charge in [-0.1, -0.05) is 35.9 Å². The fourth-order valence-corrected chi connectivity index (χ4v) is 3.12. The SMILES string of the molecule is COC(=O)c1cn([C@H](C)C(=O)Nc2ccc(C)cc2C)c2ccccc12. The summed E-state index contributed by atoms with van der Waals surface area (Å²) in [6, 6.07) is 12.9. The van der Waals surface area contributed by atoms with Gasteiger partial charge in [0.05, 0.1) is 12.7 Å². The van der Waals surface area contributed by atoms with Crippen LogP contribution in [0.2, 0.25) is 0 Å². The first-order chi connectivity index (χ1) is 12.4. The topological polar surface area (TPSA) is 60.3 Å². The molecule has 3 rings (SSSR count). The summed E-state index contributed by atoms with van der Waals surface area (Å²) in [5, 5.41) is 3.75. The van der Waals surface area contributed by atoms with E-state index in [1.54, 1.807) is 10.8 Å². The van der Waals surface area contributed by atoms with Crippen molar-refractivity contribution in [3.8, 4) is 0 Å². The van der Waals surface area contributed by atoms with E-state index in [1.165, 1.54) is 7.11 Å². The Kier molecular flexibility index (Phi) is 4.80. The number of aromatic nitrogens is 1. The van der Waals surface area contributed by atoms with Crippen molar-refractivity contribution in [2.75, 3.05) is 12.4 Å². The van der Waals surface area contributed by atoms with Crippen molar-refractivity contribution in [3.63, 3.8) is 0 Å². The van der Waals surface area contributed by atoms with E-state index in [9.17, 15) is 9.59 Å². The fourth-order valence-electron chi connectivity index (χ4n) is 3.12. The van der Waals surface area contributed by atoms with E-state index in [4.69, 9.17) is 4.74 Å². The molecule has 0 fully saturated rings. The maximum absolute atomic E-state index is 12.8. The Balaban J connectivity index is 1.95. The van der Waals surface area contributed by atoms with Crippen LogP contribution in [0.25, 0.3) is 10.9 Å². The molecule has 1 heterocycles. The number of hydrogen-bond acceptors (Lipinski definition) is 3. The third-order valence-electron chi connectivity index (χ3n) is 4.58. The van der Waals surface area contributed by atoms with Crippen molar-refractivity contribution in [2.24, 2.45) is 0 Å². The molecule has 0 aliphatic carbocycles. The van der Waals surface area contributed by atoms with E-state index >= 15 is 0 Å². The van der Waals surface area contributed by atoms with Crippen molar-refractivity contribution >= 4 is 28.5 Å². The number of anilines is 1. The van der Waals surface area contributed by atoms with Crippen molar-refractivity contribution in [3.05, 3.63) is 65.4 Å². The molecular weight excluding hydrogens is 328 g/mol. The number of aryl methyl sites for hydroxylation is 2. The van der Waals surface area contributed by atoms with Crippen molar-refractivity contribution in [1.29, 1.82) is 0 Å². The van der Waals surface area contributed by atoms with E-state index < -0.39 is 12.0 Å². The quantitative estimate of drug-likeness (QED) is 0.716. The number of rotatable bonds is 4. The molecule has 2 aromatic carbocycles. The van der Waals surface area contributed by atoms with Crippen molar-refractivity contribution in [2.45, 2.75) is 26.8 Å². The summed E-state index contributed by atoms with van der Waals surface area (Å²) in [6.45, 7) is 5.79. The Morgan fingerprint density at radius 3 is 2.54 bits per heavy atom. The number of amides is 1. The van der Waals surface area contributed by atoms with E-state index in [2.05, 4.69) is 5.32 Å². The van der Waals surface area contributed by atoms with Crippen LogP contribution >= 0.6 is 0 Å². The van der Waals surface area contributed by atoms with Gasteiger partial charge in [0.1, 0.15) is 6.04 Å². The maximum atomic E-state index is 12.8. The minimum Gasteiger partial charge on any atom is -0.465 e. The Morgan fingerprint density at radius 2 is 1.85 bits per heavy atom. The van der Waals surface area contributed by atoms with Gasteiger partial charge in [-0.15, -0.1) is 0 Å². The summed E-state index contributed by atoms with van der Waals surface area (Å²) in [6.07, 6.45) is 1.68. The van der Waals surface area contributed by atoms with Crippen LogP contribution in [0.1, 0.15) is 34.5 Å². The first-order valence-electron chi connectivity index (χ1n) is 8.48. The molecule has 1 aromatic heterocycles. The van der Waals surface area contributed by atoms with Crippen LogP contribution in [0.15, 0.2) is 48.7 Å². The normalized spacial score (nSPS) is 12.0. The number of esters is 1. The molecule has 0 aliphatic heterocycles. The lowest BCUT2D eigenvalue weighted by atomic mass is 10.1. The van der Waals surface area contributed by atoms with Crippen LogP contribution in [0, 0.1) is 13.8 Å². The molecule has 5 heteroatoms. The monoisotopic (exact) mass is 350 g/mol.